The molecule has 2 aromatic rings. The lowest BCUT2D eigenvalue weighted by molar-refractivity contribution is -0.125. The van der Waals surface area contributed by atoms with Crippen molar-refractivity contribution < 1.29 is 14.3 Å². The van der Waals surface area contributed by atoms with Gasteiger partial charge in [-0.3, -0.25) is 9.59 Å². The molecule has 0 radical (unpaired) electrons. The largest absolute Gasteiger partial charge is 0.364 e. The van der Waals surface area contributed by atoms with Crippen molar-refractivity contribution >= 4 is 29.1 Å². The number of nitrogens with zero attached hydrogens (tertiary/aromatic N) is 1. The van der Waals surface area contributed by atoms with Gasteiger partial charge in [-0.1, -0.05) is 30.3 Å². The molecule has 1 aliphatic rings. The Morgan fingerprint density at radius 2 is 1.88 bits per heavy atom. The number of carbonyl (C=O) groups is 2. The third-order valence-corrected chi connectivity index (χ3v) is 3.98. The zero-order valence-corrected chi connectivity index (χ0v) is 13.5. The van der Waals surface area contributed by atoms with Crippen molar-refractivity contribution in [3.63, 3.8) is 0 Å². The molecule has 3 rings (SSSR count). The monoisotopic (exact) mass is 322 g/mol. The van der Waals surface area contributed by atoms with Gasteiger partial charge in [-0.25, -0.2) is 0 Å². The minimum Gasteiger partial charge on any atom is -0.364 e. The molecule has 0 spiro atoms. The first-order valence-electron chi connectivity index (χ1n) is 7.58. The lowest BCUT2D eigenvalue weighted by Crippen LogP contribution is -2.47. The van der Waals surface area contributed by atoms with Gasteiger partial charge in [0, 0.05) is 31.6 Å². The topological polar surface area (TPSA) is 58.6 Å². The van der Waals surface area contributed by atoms with Crippen LogP contribution < -0.4 is 10.2 Å². The molecule has 1 aliphatic heterocycles. The van der Waals surface area contributed by atoms with E-state index in [0.29, 0.717) is 11.3 Å². The van der Waals surface area contributed by atoms with Gasteiger partial charge in [0.1, 0.15) is 0 Å². The highest BCUT2D eigenvalue weighted by atomic mass is 16.5. The van der Waals surface area contributed by atoms with Gasteiger partial charge in [0.2, 0.25) is 5.78 Å². The standard InChI is InChI=1S/C19H18N2O3/c1-21-16-9-8-14(20-11-10-13-6-4-3-5-7-13)12-15(16)17(22)18(24-2)19(21)23/h3-12,18,20H,1-2H3/b11-10+. The molecule has 1 heterocycles. The number of nitrogens with one attached hydrogen (secondary N) is 1. The Bertz CT molecular complexity index is 800. The van der Waals surface area contributed by atoms with E-state index in [1.807, 2.05) is 48.7 Å². The predicted octanol–water partition coefficient (Wildman–Crippen LogP) is 2.94. The van der Waals surface area contributed by atoms with Crippen LogP contribution in [0.2, 0.25) is 0 Å². The molecule has 5 heteroatoms. The maximum atomic E-state index is 12.4. The molecular formula is C19H18N2O3. The number of amides is 1. The van der Waals surface area contributed by atoms with Crippen LogP contribution in [0.5, 0.6) is 0 Å². The number of hydrogen-bond acceptors (Lipinski definition) is 4. The number of ketones is 1. The van der Waals surface area contributed by atoms with E-state index in [9.17, 15) is 9.59 Å². The second-order valence-electron chi connectivity index (χ2n) is 5.50. The van der Waals surface area contributed by atoms with E-state index >= 15 is 0 Å². The molecule has 0 bridgehead atoms. The fraction of sp³-hybridized carbons (Fsp3) is 0.158. The van der Waals surface area contributed by atoms with Crippen LogP contribution in [0, 0.1) is 0 Å². The minimum atomic E-state index is -1.07. The molecule has 24 heavy (non-hydrogen) atoms. The SMILES string of the molecule is COC1C(=O)c2cc(N/C=C/c3ccccc3)ccc2N(C)C1=O. The van der Waals surface area contributed by atoms with Crippen LogP contribution in [0.1, 0.15) is 15.9 Å². The molecular weight excluding hydrogens is 304 g/mol. The molecule has 0 aromatic heterocycles. The number of benzene rings is 2. The van der Waals surface area contributed by atoms with E-state index in [2.05, 4.69) is 5.32 Å². The molecule has 0 aliphatic carbocycles. The average molecular weight is 322 g/mol. The number of methoxy groups -OCH3 is 1. The predicted molar refractivity (Wildman–Crippen MR) is 94.1 cm³/mol. The van der Waals surface area contributed by atoms with E-state index in [0.717, 1.165) is 11.3 Å². The smallest absolute Gasteiger partial charge is 0.263 e. The van der Waals surface area contributed by atoms with E-state index in [1.165, 1.54) is 12.0 Å². The zero-order valence-electron chi connectivity index (χ0n) is 13.5. The number of carbonyl (C=O) groups excluding carboxylic acids is 2. The van der Waals surface area contributed by atoms with Gasteiger partial charge in [-0.2, -0.15) is 0 Å². The number of hydrogen-bond donors (Lipinski definition) is 1. The van der Waals surface area contributed by atoms with Gasteiger partial charge in [0.25, 0.3) is 5.91 Å². The summed E-state index contributed by atoms with van der Waals surface area (Å²) in [4.78, 5) is 26.0. The number of Topliss-reactive ketones (excluding diaryl/α,β-unsaturated/α-hetero) is 1. The summed E-state index contributed by atoms with van der Waals surface area (Å²) in [5.41, 5.74) is 2.91. The third-order valence-electron chi connectivity index (χ3n) is 3.98. The fourth-order valence-corrected chi connectivity index (χ4v) is 2.67. The van der Waals surface area contributed by atoms with Gasteiger partial charge in [-0.05, 0) is 29.8 Å². The van der Waals surface area contributed by atoms with Crippen LogP contribution in [-0.4, -0.2) is 32.0 Å². The van der Waals surface area contributed by atoms with E-state index in [-0.39, 0.29) is 11.7 Å². The maximum absolute atomic E-state index is 12.4. The number of fused-ring (bicyclic) bond motifs is 1. The second kappa shape index (κ2) is 6.68. The van der Waals surface area contributed by atoms with Crippen LogP contribution in [0.25, 0.3) is 6.08 Å². The van der Waals surface area contributed by atoms with Gasteiger partial charge in [0.15, 0.2) is 6.10 Å². The summed E-state index contributed by atoms with van der Waals surface area (Å²) in [5.74, 6) is -0.661. The van der Waals surface area contributed by atoms with Gasteiger partial charge >= 0.3 is 0 Å². The Morgan fingerprint density at radius 1 is 1.12 bits per heavy atom. The second-order valence-corrected chi connectivity index (χ2v) is 5.50. The van der Waals surface area contributed by atoms with Crippen LogP contribution in [0.15, 0.2) is 54.7 Å². The Hall–Kier alpha value is -2.92. The van der Waals surface area contributed by atoms with E-state index in [4.69, 9.17) is 4.74 Å². The molecule has 1 N–H and O–H groups in total. The Morgan fingerprint density at radius 3 is 2.58 bits per heavy atom. The van der Waals surface area contributed by atoms with Crippen LogP contribution >= 0.6 is 0 Å². The molecule has 0 saturated carbocycles. The molecule has 2 aromatic carbocycles. The summed E-state index contributed by atoms with van der Waals surface area (Å²) in [7, 11) is 3.01. The normalized spacial score (nSPS) is 17.2. The van der Waals surface area contributed by atoms with Crippen molar-refractivity contribution in [3.05, 3.63) is 65.9 Å². The maximum Gasteiger partial charge on any atom is 0.263 e. The molecule has 0 saturated heterocycles. The summed E-state index contributed by atoms with van der Waals surface area (Å²) >= 11 is 0. The lowest BCUT2D eigenvalue weighted by atomic mass is 9.97. The molecule has 0 fully saturated rings. The fourth-order valence-electron chi connectivity index (χ4n) is 2.67. The van der Waals surface area contributed by atoms with Crippen molar-refractivity contribution in [3.8, 4) is 0 Å². The van der Waals surface area contributed by atoms with Crippen LogP contribution in [0.4, 0.5) is 11.4 Å². The highest BCUT2D eigenvalue weighted by molar-refractivity contribution is 6.24. The summed E-state index contributed by atoms with van der Waals surface area (Å²) in [5, 5.41) is 3.15. The number of likely N-dealkylation sites (N-methyl/N-ethyl adjacent to an activating group) is 1. The summed E-state index contributed by atoms with van der Waals surface area (Å²) < 4.78 is 5.05. The van der Waals surface area contributed by atoms with Gasteiger partial charge in [-0.15, -0.1) is 0 Å². The highest BCUT2D eigenvalue weighted by Crippen LogP contribution is 2.30. The van der Waals surface area contributed by atoms with Crippen molar-refractivity contribution in [2.75, 3.05) is 24.4 Å². The number of anilines is 2. The van der Waals surface area contributed by atoms with Crippen LogP contribution in [-0.2, 0) is 9.53 Å². The minimum absolute atomic E-state index is 0.314. The quantitative estimate of drug-likeness (QED) is 0.879. The van der Waals surface area contributed by atoms with Crippen molar-refractivity contribution in [2.45, 2.75) is 6.10 Å². The Kier molecular flexibility index (Phi) is 4.44. The highest BCUT2D eigenvalue weighted by Gasteiger charge is 2.37. The Labute approximate surface area is 140 Å². The first kappa shape index (κ1) is 16.0. The Balaban J connectivity index is 1.83. The van der Waals surface area contributed by atoms with Crippen molar-refractivity contribution in [1.82, 2.24) is 0 Å². The van der Waals surface area contributed by atoms with Crippen molar-refractivity contribution in [1.29, 1.82) is 0 Å². The first-order valence-corrected chi connectivity index (χ1v) is 7.58. The molecule has 1 unspecified atom stereocenters. The number of ether oxygens (including phenoxy) is 1. The van der Waals surface area contributed by atoms with Gasteiger partial charge in [0.05, 0.1) is 5.69 Å². The zero-order chi connectivity index (χ0) is 17.1. The summed E-state index contributed by atoms with van der Waals surface area (Å²) in [6, 6.07) is 15.2. The average Bonchev–Trinajstić information content (AvgIpc) is 2.61. The molecule has 1 atom stereocenters. The molecule has 122 valence electrons. The summed E-state index contributed by atoms with van der Waals surface area (Å²) in [6.45, 7) is 0. The summed E-state index contributed by atoms with van der Waals surface area (Å²) in [6.07, 6.45) is 2.68. The first-order chi connectivity index (χ1) is 11.6. The molecule has 5 nitrogen and oxygen atoms in total. The number of rotatable bonds is 4. The van der Waals surface area contributed by atoms with Crippen LogP contribution in [0.3, 0.4) is 0 Å². The third kappa shape index (κ3) is 2.94. The van der Waals surface area contributed by atoms with E-state index < -0.39 is 6.10 Å². The molecule has 1 amide bonds. The van der Waals surface area contributed by atoms with Gasteiger partial charge < -0.3 is 15.0 Å². The van der Waals surface area contributed by atoms with E-state index in [1.54, 1.807) is 19.2 Å². The lowest BCUT2D eigenvalue weighted by Gasteiger charge is -2.29. The van der Waals surface area contributed by atoms with Crippen molar-refractivity contribution in [2.24, 2.45) is 0 Å².